The molecule has 16 heavy (non-hydrogen) atoms. The summed E-state index contributed by atoms with van der Waals surface area (Å²) in [6.45, 7) is 9.87. The minimum absolute atomic E-state index is 0.314. The van der Waals surface area contributed by atoms with Gasteiger partial charge in [-0.2, -0.15) is 0 Å². The Kier molecular flexibility index (Phi) is 5.26. The molecule has 3 heteroatoms. The lowest BCUT2D eigenvalue weighted by Gasteiger charge is -2.22. The van der Waals surface area contributed by atoms with Crippen LogP contribution in [0, 0.1) is 12.8 Å². The lowest BCUT2D eigenvalue weighted by Crippen LogP contribution is -2.31. The molecular formula is C13H22N2O. The van der Waals surface area contributed by atoms with E-state index in [0.29, 0.717) is 12.0 Å². The lowest BCUT2D eigenvalue weighted by atomic mass is 10.1. The van der Waals surface area contributed by atoms with Crippen molar-refractivity contribution in [1.29, 1.82) is 0 Å². The highest BCUT2D eigenvalue weighted by Gasteiger charge is 2.13. The number of rotatable bonds is 6. The molecule has 0 bridgehead atoms. The molecule has 3 nitrogen and oxygen atoms in total. The molecule has 90 valence electrons. The quantitative estimate of drug-likeness (QED) is 0.803. The summed E-state index contributed by atoms with van der Waals surface area (Å²) in [6.07, 6.45) is 0. The third-order valence-electron chi connectivity index (χ3n) is 2.53. The van der Waals surface area contributed by atoms with Crippen LogP contribution >= 0.6 is 0 Å². The largest absolute Gasteiger partial charge is 0.380 e. The minimum atomic E-state index is 0.314. The third-order valence-corrected chi connectivity index (χ3v) is 2.53. The Hall–Kier alpha value is -1.09. The van der Waals surface area contributed by atoms with Crippen LogP contribution in [0.1, 0.15) is 26.5 Å². The van der Waals surface area contributed by atoms with Gasteiger partial charge in [0, 0.05) is 12.3 Å². The summed E-state index contributed by atoms with van der Waals surface area (Å²) in [5.74, 6) is 1.45. The van der Waals surface area contributed by atoms with Crippen LogP contribution in [0.3, 0.4) is 0 Å². The van der Waals surface area contributed by atoms with Crippen molar-refractivity contribution in [1.82, 2.24) is 4.98 Å². The predicted octanol–water partition coefficient (Wildman–Crippen LogP) is 2.86. The molecule has 1 N–H and O–H groups in total. The van der Waals surface area contributed by atoms with E-state index in [9.17, 15) is 0 Å². The predicted molar refractivity (Wildman–Crippen MR) is 67.7 cm³/mol. The minimum Gasteiger partial charge on any atom is -0.380 e. The highest BCUT2D eigenvalue weighted by atomic mass is 16.5. The number of hydrogen-bond donors (Lipinski definition) is 1. The van der Waals surface area contributed by atoms with Crippen molar-refractivity contribution in [3.05, 3.63) is 23.9 Å². The Morgan fingerprint density at radius 3 is 2.69 bits per heavy atom. The van der Waals surface area contributed by atoms with E-state index < -0.39 is 0 Å². The van der Waals surface area contributed by atoms with Crippen molar-refractivity contribution < 1.29 is 4.74 Å². The van der Waals surface area contributed by atoms with Gasteiger partial charge in [0.25, 0.3) is 0 Å². The van der Waals surface area contributed by atoms with Gasteiger partial charge in [0.05, 0.1) is 12.6 Å². The van der Waals surface area contributed by atoms with Gasteiger partial charge in [0.15, 0.2) is 0 Å². The fourth-order valence-electron chi connectivity index (χ4n) is 1.46. The fraction of sp³-hybridized carbons (Fsp3) is 0.615. The molecule has 1 aromatic heterocycles. The third kappa shape index (κ3) is 4.19. The maximum absolute atomic E-state index is 5.47. The molecule has 0 amide bonds. The number of nitrogens with zero attached hydrogens (tertiary/aromatic N) is 1. The molecule has 0 aliphatic heterocycles. The summed E-state index contributed by atoms with van der Waals surface area (Å²) in [7, 11) is 0. The average Bonchev–Trinajstić information content (AvgIpc) is 2.24. The first-order chi connectivity index (χ1) is 7.63. The second-order valence-corrected chi connectivity index (χ2v) is 4.32. The van der Waals surface area contributed by atoms with Crippen molar-refractivity contribution in [2.45, 2.75) is 33.7 Å². The maximum Gasteiger partial charge on any atom is 0.126 e. The molecule has 0 fully saturated rings. The van der Waals surface area contributed by atoms with E-state index in [1.807, 2.05) is 32.0 Å². The van der Waals surface area contributed by atoms with Gasteiger partial charge in [-0.15, -0.1) is 0 Å². The van der Waals surface area contributed by atoms with Crippen LogP contribution in [0.4, 0.5) is 5.82 Å². The van der Waals surface area contributed by atoms with Gasteiger partial charge in [-0.1, -0.05) is 19.9 Å². The summed E-state index contributed by atoms with van der Waals surface area (Å²) >= 11 is 0. The molecule has 1 rings (SSSR count). The van der Waals surface area contributed by atoms with Crippen molar-refractivity contribution in [3.8, 4) is 0 Å². The first kappa shape index (κ1) is 13.0. The zero-order chi connectivity index (χ0) is 12.0. The fourth-order valence-corrected chi connectivity index (χ4v) is 1.46. The summed E-state index contributed by atoms with van der Waals surface area (Å²) < 4.78 is 5.47. The SMILES string of the molecule is CCOCC(Nc1cccc(C)n1)C(C)C. The van der Waals surface area contributed by atoms with Gasteiger partial charge in [-0.05, 0) is 31.9 Å². The van der Waals surface area contributed by atoms with Crippen LogP contribution in [-0.4, -0.2) is 24.2 Å². The van der Waals surface area contributed by atoms with Gasteiger partial charge in [0.1, 0.15) is 5.82 Å². The molecule has 1 unspecified atom stereocenters. The van der Waals surface area contributed by atoms with Crippen molar-refractivity contribution in [2.24, 2.45) is 5.92 Å². The smallest absolute Gasteiger partial charge is 0.126 e. The molecule has 1 atom stereocenters. The number of aryl methyl sites for hydroxylation is 1. The number of aromatic nitrogens is 1. The Bertz CT molecular complexity index is 313. The van der Waals surface area contributed by atoms with Gasteiger partial charge in [0.2, 0.25) is 0 Å². The highest BCUT2D eigenvalue weighted by Crippen LogP contribution is 2.11. The monoisotopic (exact) mass is 222 g/mol. The first-order valence-electron chi connectivity index (χ1n) is 5.91. The van der Waals surface area contributed by atoms with Gasteiger partial charge in [-0.25, -0.2) is 4.98 Å². The van der Waals surface area contributed by atoms with E-state index >= 15 is 0 Å². The van der Waals surface area contributed by atoms with E-state index in [4.69, 9.17) is 4.74 Å². The second kappa shape index (κ2) is 6.48. The number of nitrogens with one attached hydrogen (secondary N) is 1. The van der Waals surface area contributed by atoms with Crippen molar-refractivity contribution >= 4 is 5.82 Å². The molecular weight excluding hydrogens is 200 g/mol. The van der Waals surface area contributed by atoms with E-state index in [1.54, 1.807) is 0 Å². The van der Waals surface area contributed by atoms with Crippen LogP contribution in [-0.2, 0) is 4.74 Å². The zero-order valence-electron chi connectivity index (χ0n) is 10.7. The Morgan fingerprint density at radius 2 is 2.12 bits per heavy atom. The maximum atomic E-state index is 5.47. The molecule has 0 aliphatic carbocycles. The number of ether oxygens (including phenoxy) is 1. The van der Waals surface area contributed by atoms with Crippen molar-refractivity contribution in [3.63, 3.8) is 0 Å². The van der Waals surface area contributed by atoms with Crippen LogP contribution in [0.2, 0.25) is 0 Å². The van der Waals surface area contributed by atoms with Crippen LogP contribution < -0.4 is 5.32 Å². The number of hydrogen-bond acceptors (Lipinski definition) is 3. The molecule has 0 aliphatic rings. The molecule has 0 spiro atoms. The van der Waals surface area contributed by atoms with E-state index in [0.717, 1.165) is 24.7 Å². The molecule has 0 radical (unpaired) electrons. The van der Waals surface area contributed by atoms with E-state index in [-0.39, 0.29) is 0 Å². The lowest BCUT2D eigenvalue weighted by molar-refractivity contribution is 0.126. The van der Waals surface area contributed by atoms with Crippen LogP contribution in [0.25, 0.3) is 0 Å². The normalized spacial score (nSPS) is 12.8. The van der Waals surface area contributed by atoms with Crippen molar-refractivity contribution in [2.75, 3.05) is 18.5 Å². The summed E-state index contributed by atoms with van der Waals surface area (Å²) in [6, 6.07) is 6.32. The topological polar surface area (TPSA) is 34.1 Å². The summed E-state index contributed by atoms with van der Waals surface area (Å²) in [5.41, 5.74) is 1.03. The van der Waals surface area contributed by atoms with E-state index in [1.165, 1.54) is 0 Å². The Balaban J connectivity index is 2.60. The standard InChI is InChI=1S/C13H22N2O/c1-5-16-9-12(10(2)3)15-13-8-6-7-11(4)14-13/h6-8,10,12H,5,9H2,1-4H3,(H,14,15). The molecule has 0 saturated carbocycles. The Morgan fingerprint density at radius 1 is 1.38 bits per heavy atom. The second-order valence-electron chi connectivity index (χ2n) is 4.32. The molecule has 1 heterocycles. The highest BCUT2D eigenvalue weighted by molar-refractivity contribution is 5.36. The van der Waals surface area contributed by atoms with E-state index in [2.05, 4.69) is 24.1 Å². The number of anilines is 1. The van der Waals surface area contributed by atoms with Crippen LogP contribution in [0.15, 0.2) is 18.2 Å². The summed E-state index contributed by atoms with van der Waals surface area (Å²) in [5, 5.41) is 3.42. The van der Waals surface area contributed by atoms with Gasteiger partial charge < -0.3 is 10.1 Å². The van der Waals surface area contributed by atoms with Gasteiger partial charge >= 0.3 is 0 Å². The zero-order valence-corrected chi connectivity index (χ0v) is 10.7. The molecule has 0 saturated heterocycles. The first-order valence-corrected chi connectivity index (χ1v) is 5.91. The molecule has 1 aromatic rings. The number of pyridine rings is 1. The van der Waals surface area contributed by atoms with Gasteiger partial charge in [-0.3, -0.25) is 0 Å². The Labute approximate surface area is 98.2 Å². The average molecular weight is 222 g/mol. The molecule has 0 aromatic carbocycles. The van der Waals surface area contributed by atoms with Crippen LogP contribution in [0.5, 0.6) is 0 Å². The summed E-state index contributed by atoms with van der Waals surface area (Å²) in [4.78, 5) is 4.44.